The quantitative estimate of drug-likeness (QED) is 0.294. The van der Waals surface area contributed by atoms with Crippen LogP contribution in [0, 0.1) is 23.7 Å². The lowest BCUT2D eigenvalue weighted by Crippen LogP contribution is -2.41. The monoisotopic (exact) mass is 516 g/mol. The molecule has 0 bridgehead atoms. The molecule has 0 aliphatic heterocycles. The molecule has 1 aliphatic carbocycles. The van der Waals surface area contributed by atoms with Gasteiger partial charge in [-0.2, -0.15) is 33.7 Å². The minimum Gasteiger partial charge on any atom is -0.270 e. The topological polar surface area (TPSA) is 173 Å². The first-order valence-electron chi connectivity index (χ1n) is 8.72. The molecule has 1 rings (SSSR count). The summed E-state index contributed by atoms with van der Waals surface area (Å²) in [6.07, 6.45) is 3.83. The van der Waals surface area contributed by atoms with Gasteiger partial charge in [0.1, 0.15) is 0 Å². The molecule has 16 heteroatoms. The van der Waals surface area contributed by atoms with Crippen LogP contribution in [0.5, 0.6) is 0 Å². The van der Waals surface area contributed by atoms with Crippen molar-refractivity contribution in [3.05, 3.63) is 0 Å². The van der Waals surface area contributed by atoms with Crippen LogP contribution in [-0.4, -0.2) is 85.1 Å². The summed E-state index contributed by atoms with van der Waals surface area (Å²) in [5.41, 5.74) is 0. The van der Waals surface area contributed by atoms with Crippen molar-refractivity contribution in [2.45, 2.75) is 12.8 Å². The molecule has 1 fully saturated rings. The number of hydrogen-bond donors (Lipinski definition) is 0. The third-order valence-electron chi connectivity index (χ3n) is 4.53. The van der Waals surface area contributed by atoms with E-state index in [0.29, 0.717) is 0 Å². The normalized spacial score (nSPS) is 26.5. The van der Waals surface area contributed by atoms with Crippen LogP contribution in [-0.2, 0) is 57.2 Å². The maximum Gasteiger partial charge on any atom is 0.264 e. The first kappa shape index (κ1) is 27.7. The summed E-state index contributed by atoms with van der Waals surface area (Å²) >= 11 is 0. The fraction of sp³-hybridized carbons (Fsp3) is 1.00. The molecule has 4 atom stereocenters. The molecule has 0 saturated heterocycles. The van der Waals surface area contributed by atoms with Crippen LogP contribution in [0.15, 0.2) is 0 Å². The van der Waals surface area contributed by atoms with Crippen LogP contribution in [0.3, 0.4) is 0 Å². The molecule has 0 amide bonds. The molecule has 0 radical (unpaired) electrons. The molecule has 180 valence electrons. The second-order valence-corrected chi connectivity index (χ2v) is 14.0. The summed E-state index contributed by atoms with van der Waals surface area (Å²) in [5.74, 6) is -2.04. The highest BCUT2D eigenvalue weighted by Crippen LogP contribution is 2.39. The molecular formula is C14H28O12S4. The van der Waals surface area contributed by atoms with Gasteiger partial charge in [0, 0.05) is 0 Å². The van der Waals surface area contributed by atoms with Crippen molar-refractivity contribution in [2.75, 3.05) is 51.5 Å². The third kappa shape index (κ3) is 12.5. The second kappa shape index (κ2) is 10.5. The van der Waals surface area contributed by atoms with E-state index < -0.39 is 64.1 Å². The average molecular weight is 517 g/mol. The van der Waals surface area contributed by atoms with E-state index in [2.05, 4.69) is 0 Å². The van der Waals surface area contributed by atoms with Crippen molar-refractivity contribution in [2.24, 2.45) is 23.7 Å². The fourth-order valence-corrected chi connectivity index (χ4v) is 4.90. The standard InChI is InChI=1S/C14H28O12S4/c1-27(15,16)23-7-11-5-13(9-25-29(3,19)20)14(10-26-30(4,21)22)6-12(11)8-24-28(2,17)18/h11-14H,5-10H2,1-4H3. The Morgan fingerprint density at radius 1 is 0.467 bits per heavy atom. The van der Waals surface area contributed by atoms with Gasteiger partial charge in [0.15, 0.2) is 0 Å². The highest BCUT2D eigenvalue weighted by molar-refractivity contribution is 7.86. The lowest BCUT2D eigenvalue weighted by atomic mass is 9.69. The van der Waals surface area contributed by atoms with Gasteiger partial charge in [0.25, 0.3) is 40.5 Å². The van der Waals surface area contributed by atoms with E-state index in [1.54, 1.807) is 0 Å². The largest absolute Gasteiger partial charge is 0.270 e. The Morgan fingerprint density at radius 3 is 0.767 bits per heavy atom. The summed E-state index contributed by atoms with van der Waals surface area (Å²) in [6.45, 7) is -1.09. The molecule has 0 aromatic heterocycles. The maximum atomic E-state index is 11.4. The molecule has 1 saturated carbocycles. The predicted molar refractivity (Wildman–Crippen MR) is 106 cm³/mol. The molecule has 30 heavy (non-hydrogen) atoms. The van der Waals surface area contributed by atoms with E-state index in [0.717, 1.165) is 25.0 Å². The Bertz CT molecular complexity index is 820. The second-order valence-electron chi connectivity index (χ2n) is 7.47. The predicted octanol–water partition coefficient (Wildman–Crippen LogP) is -0.850. The van der Waals surface area contributed by atoms with Gasteiger partial charge in [-0.05, 0) is 36.5 Å². The van der Waals surface area contributed by atoms with Crippen molar-refractivity contribution < 1.29 is 50.4 Å². The molecule has 4 unspecified atom stereocenters. The zero-order valence-corrected chi connectivity index (χ0v) is 20.4. The maximum absolute atomic E-state index is 11.4. The van der Waals surface area contributed by atoms with E-state index >= 15 is 0 Å². The summed E-state index contributed by atoms with van der Waals surface area (Å²) in [5, 5.41) is 0. The highest BCUT2D eigenvalue weighted by atomic mass is 32.2. The van der Waals surface area contributed by atoms with E-state index in [9.17, 15) is 33.7 Å². The smallest absolute Gasteiger partial charge is 0.264 e. The van der Waals surface area contributed by atoms with Gasteiger partial charge in [-0.15, -0.1) is 0 Å². The van der Waals surface area contributed by atoms with Crippen LogP contribution in [0.2, 0.25) is 0 Å². The van der Waals surface area contributed by atoms with E-state index in [1.807, 2.05) is 0 Å². The van der Waals surface area contributed by atoms with Crippen LogP contribution in [0.4, 0.5) is 0 Å². The van der Waals surface area contributed by atoms with Gasteiger partial charge in [-0.1, -0.05) is 0 Å². The van der Waals surface area contributed by atoms with Crippen LogP contribution in [0.1, 0.15) is 12.8 Å². The van der Waals surface area contributed by atoms with Crippen molar-refractivity contribution in [3.63, 3.8) is 0 Å². The van der Waals surface area contributed by atoms with Crippen LogP contribution in [0.25, 0.3) is 0 Å². The van der Waals surface area contributed by atoms with Gasteiger partial charge < -0.3 is 0 Å². The highest BCUT2D eigenvalue weighted by Gasteiger charge is 2.39. The Balaban J connectivity index is 3.08. The lowest BCUT2D eigenvalue weighted by molar-refractivity contribution is 0.0146. The molecule has 1 aliphatic rings. The van der Waals surface area contributed by atoms with Crippen molar-refractivity contribution in [3.8, 4) is 0 Å². The molecule has 0 aromatic rings. The molecular weight excluding hydrogens is 488 g/mol. The molecule has 0 spiro atoms. The Labute approximate surface area is 178 Å². The Kier molecular flexibility index (Phi) is 9.69. The van der Waals surface area contributed by atoms with Gasteiger partial charge in [-0.25, -0.2) is 0 Å². The first-order chi connectivity index (χ1) is 13.3. The summed E-state index contributed by atoms with van der Waals surface area (Å²) in [4.78, 5) is 0. The fourth-order valence-electron chi connectivity index (χ4n) is 3.21. The number of hydrogen-bond acceptors (Lipinski definition) is 12. The minimum atomic E-state index is -3.78. The van der Waals surface area contributed by atoms with Gasteiger partial charge in [0.2, 0.25) is 0 Å². The Hall–Kier alpha value is -0.360. The molecule has 0 N–H and O–H groups in total. The zero-order valence-electron chi connectivity index (χ0n) is 17.1. The van der Waals surface area contributed by atoms with Gasteiger partial charge in [-0.3, -0.25) is 16.7 Å². The zero-order chi connectivity index (χ0) is 23.4. The molecule has 12 nitrogen and oxygen atoms in total. The SMILES string of the molecule is CS(=O)(=O)OCC1CC(COS(C)(=O)=O)C(COS(C)(=O)=O)CC1COS(C)(=O)=O. The molecule has 0 heterocycles. The lowest BCUT2D eigenvalue weighted by Gasteiger charge is -2.40. The number of rotatable bonds is 12. The van der Waals surface area contributed by atoms with Crippen molar-refractivity contribution in [1.82, 2.24) is 0 Å². The minimum absolute atomic E-state index is 0.181. The molecule has 0 aromatic carbocycles. The van der Waals surface area contributed by atoms with E-state index in [4.69, 9.17) is 16.7 Å². The van der Waals surface area contributed by atoms with Gasteiger partial charge in [0.05, 0.1) is 51.5 Å². The third-order valence-corrected chi connectivity index (χ3v) is 6.79. The summed E-state index contributed by atoms with van der Waals surface area (Å²) < 4.78 is 110. The summed E-state index contributed by atoms with van der Waals surface area (Å²) in [7, 11) is -15.1. The average Bonchev–Trinajstić information content (AvgIpc) is 2.52. The Morgan fingerprint density at radius 2 is 0.633 bits per heavy atom. The van der Waals surface area contributed by atoms with Crippen molar-refractivity contribution in [1.29, 1.82) is 0 Å². The van der Waals surface area contributed by atoms with E-state index in [-0.39, 0.29) is 39.3 Å². The summed E-state index contributed by atoms with van der Waals surface area (Å²) in [6, 6.07) is 0. The first-order valence-corrected chi connectivity index (χ1v) is 16.0. The van der Waals surface area contributed by atoms with Gasteiger partial charge >= 0.3 is 0 Å². The van der Waals surface area contributed by atoms with Crippen molar-refractivity contribution >= 4 is 40.5 Å². The van der Waals surface area contributed by atoms with Crippen LogP contribution < -0.4 is 0 Å². The van der Waals surface area contributed by atoms with Crippen LogP contribution >= 0.6 is 0 Å². The van der Waals surface area contributed by atoms with E-state index in [1.165, 1.54) is 0 Å².